The maximum atomic E-state index is 12.3. The van der Waals surface area contributed by atoms with Crippen LogP contribution in [0.2, 0.25) is 0 Å². The molecule has 4 heteroatoms. The maximum Gasteiger partial charge on any atom is 0.252 e. The Bertz CT molecular complexity index is 696. The summed E-state index contributed by atoms with van der Waals surface area (Å²) < 4.78 is 0. The van der Waals surface area contributed by atoms with Crippen molar-refractivity contribution in [1.29, 1.82) is 0 Å². The van der Waals surface area contributed by atoms with Gasteiger partial charge in [-0.05, 0) is 43.0 Å². The first-order valence-corrected chi connectivity index (χ1v) is 8.69. The van der Waals surface area contributed by atoms with Gasteiger partial charge in [-0.1, -0.05) is 31.2 Å². The molecule has 126 valence electrons. The van der Waals surface area contributed by atoms with Crippen LogP contribution in [0.25, 0.3) is 0 Å². The van der Waals surface area contributed by atoms with Crippen molar-refractivity contribution in [3.8, 4) is 0 Å². The second-order valence-corrected chi connectivity index (χ2v) is 6.45. The number of rotatable bonds is 5. The molecule has 1 amide bonds. The van der Waals surface area contributed by atoms with Gasteiger partial charge in [0.1, 0.15) is 0 Å². The standard InChI is InChI=1S/C20H25N3O/c1-3-19(13-22-20(24)17-9-8-15(2)21-12-17)23-11-10-16-6-4-5-7-18(16)14-23/h4-9,12,19H,3,10-11,13-14H2,1-2H3,(H,22,24)/t19-/m0/s1. The molecule has 1 aliphatic rings. The number of nitrogens with zero attached hydrogens (tertiary/aromatic N) is 2. The van der Waals surface area contributed by atoms with Crippen molar-refractivity contribution in [2.75, 3.05) is 13.1 Å². The molecular formula is C20H25N3O. The molecule has 0 fully saturated rings. The van der Waals surface area contributed by atoms with Gasteiger partial charge in [0.2, 0.25) is 0 Å². The summed E-state index contributed by atoms with van der Waals surface area (Å²) in [6, 6.07) is 12.7. The Labute approximate surface area is 143 Å². The molecule has 0 aliphatic carbocycles. The van der Waals surface area contributed by atoms with Crippen LogP contribution in [-0.4, -0.2) is 34.9 Å². The van der Waals surface area contributed by atoms with E-state index in [1.807, 2.05) is 19.1 Å². The monoisotopic (exact) mass is 323 g/mol. The van der Waals surface area contributed by atoms with Crippen molar-refractivity contribution in [3.05, 3.63) is 65.0 Å². The second kappa shape index (κ2) is 7.58. The predicted octanol–water partition coefficient (Wildman–Crippen LogP) is 2.96. The summed E-state index contributed by atoms with van der Waals surface area (Å²) in [6.45, 7) is 6.80. The SMILES string of the molecule is CC[C@@H](CNC(=O)c1ccc(C)nc1)N1CCc2ccccc2C1. The van der Waals surface area contributed by atoms with E-state index in [1.165, 1.54) is 11.1 Å². The van der Waals surface area contributed by atoms with Crippen molar-refractivity contribution in [3.63, 3.8) is 0 Å². The molecular weight excluding hydrogens is 298 g/mol. The zero-order valence-corrected chi connectivity index (χ0v) is 14.5. The fourth-order valence-electron chi connectivity index (χ4n) is 3.28. The molecule has 2 heterocycles. The van der Waals surface area contributed by atoms with Crippen LogP contribution in [0.3, 0.4) is 0 Å². The Hall–Kier alpha value is -2.20. The molecule has 1 atom stereocenters. The van der Waals surface area contributed by atoms with Crippen LogP contribution in [-0.2, 0) is 13.0 Å². The average Bonchev–Trinajstić information content (AvgIpc) is 2.62. The third-order valence-electron chi connectivity index (χ3n) is 4.82. The van der Waals surface area contributed by atoms with Gasteiger partial charge >= 0.3 is 0 Å². The summed E-state index contributed by atoms with van der Waals surface area (Å²) in [4.78, 5) is 19.0. The molecule has 3 rings (SSSR count). The summed E-state index contributed by atoms with van der Waals surface area (Å²) in [7, 11) is 0. The van der Waals surface area contributed by atoms with Gasteiger partial charge < -0.3 is 5.32 Å². The molecule has 0 bridgehead atoms. The molecule has 24 heavy (non-hydrogen) atoms. The van der Waals surface area contributed by atoms with Crippen LogP contribution in [0.15, 0.2) is 42.6 Å². The molecule has 2 aromatic rings. The average molecular weight is 323 g/mol. The van der Waals surface area contributed by atoms with Gasteiger partial charge in [-0.15, -0.1) is 0 Å². The topological polar surface area (TPSA) is 45.2 Å². The minimum atomic E-state index is -0.0432. The number of carbonyl (C=O) groups is 1. The summed E-state index contributed by atoms with van der Waals surface area (Å²) in [5, 5.41) is 3.07. The van der Waals surface area contributed by atoms with Gasteiger partial charge in [-0.25, -0.2) is 0 Å². The summed E-state index contributed by atoms with van der Waals surface area (Å²) in [6.07, 6.45) is 3.75. The van der Waals surface area contributed by atoms with Crippen molar-refractivity contribution in [1.82, 2.24) is 15.2 Å². The summed E-state index contributed by atoms with van der Waals surface area (Å²) in [5.41, 5.74) is 4.42. The minimum Gasteiger partial charge on any atom is -0.350 e. The van der Waals surface area contributed by atoms with Gasteiger partial charge in [0, 0.05) is 37.6 Å². The number of hydrogen-bond acceptors (Lipinski definition) is 3. The third kappa shape index (κ3) is 3.82. The van der Waals surface area contributed by atoms with E-state index in [2.05, 4.69) is 46.4 Å². The fourth-order valence-corrected chi connectivity index (χ4v) is 3.28. The number of nitrogens with one attached hydrogen (secondary N) is 1. The first-order valence-electron chi connectivity index (χ1n) is 8.69. The van der Waals surface area contributed by atoms with E-state index < -0.39 is 0 Å². The highest BCUT2D eigenvalue weighted by atomic mass is 16.1. The zero-order chi connectivity index (χ0) is 16.9. The van der Waals surface area contributed by atoms with Crippen LogP contribution in [0.1, 0.15) is 40.5 Å². The highest BCUT2D eigenvalue weighted by Crippen LogP contribution is 2.21. The van der Waals surface area contributed by atoms with Crippen LogP contribution >= 0.6 is 0 Å². The number of amides is 1. The maximum absolute atomic E-state index is 12.3. The van der Waals surface area contributed by atoms with E-state index in [0.29, 0.717) is 18.2 Å². The van der Waals surface area contributed by atoms with E-state index in [9.17, 15) is 4.79 Å². The van der Waals surface area contributed by atoms with Gasteiger partial charge in [-0.3, -0.25) is 14.7 Å². The lowest BCUT2D eigenvalue weighted by molar-refractivity contribution is 0.0926. The Morgan fingerprint density at radius 1 is 1.25 bits per heavy atom. The molecule has 1 aromatic carbocycles. The number of carbonyl (C=O) groups excluding carboxylic acids is 1. The number of hydrogen-bond donors (Lipinski definition) is 1. The molecule has 0 saturated heterocycles. The molecule has 4 nitrogen and oxygen atoms in total. The Balaban J connectivity index is 1.59. The quantitative estimate of drug-likeness (QED) is 0.920. The predicted molar refractivity (Wildman–Crippen MR) is 95.9 cm³/mol. The van der Waals surface area contributed by atoms with Gasteiger partial charge in [0.05, 0.1) is 5.56 Å². The number of aryl methyl sites for hydroxylation is 1. The van der Waals surface area contributed by atoms with Gasteiger partial charge in [-0.2, -0.15) is 0 Å². The molecule has 0 radical (unpaired) electrons. The second-order valence-electron chi connectivity index (χ2n) is 6.45. The lowest BCUT2D eigenvalue weighted by Gasteiger charge is -2.35. The molecule has 0 saturated carbocycles. The minimum absolute atomic E-state index is 0.0432. The Morgan fingerprint density at radius 2 is 2.04 bits per heavy atom. The van der Waals surface area contributed by atoms with Crippen molar-refractivity contribution in [2.45, 2.75) is 39.3 Å². The smallest absolute Gasteiger partial charge is 0.252 e. The third-order valence-corrected chi connectivity index (χ3v) is 4.82. The number of fused-ring (bicyclic) bond motifs is 1. The van der Waals surface area contributed by atoms with Gasteiger partial charge in [0.15, 0.2) is 0 Å². The zero-order valence-electron chi connectivity index (χ0n) is 14.5. The first-order chi connectivity index (χ1) is 11.7. The first kappa shape index (κ1) is 16.7. The molecule has 0 spiro atoms. The molecule has 0 unspecified atom stereocenters. The lowest BCUT2D eigenvalue weighted by atomic mass is 9.98. The highest BCUT2D eigenvalue weighted by Gasteiger charge is 2.22. The molecule has 1 N–H and O–H groups in total. The highest BCUT2D eigenvalue weighted by molar-refractivity contribution is 5.93. The van der Waals surface area contributed by atoms with Crippen molar-refractivity contribution in [2.24, 2.45) is 0 Å². The summed E-state index contributed by atoms with van der Waals surface area (Å²) >= 11 is 0. The molecule has 1 aliphatic heterocycles. The van der Waals surface area contributed by atoms with Crippen LogP contribution < -0.4 is 5.32 Å². The van der Waals surface area contributed by atoms with Crippen LogP contribution in [0.4, 0.5) is 0 Å². The summed E-state index contributed by atoms with van der Waals surface area (Å²) in [5.74, 6) is -0.0432. The van der Waals surface area contributed by atoms with Crippen LogP contribution in [0, 0.1) is 6.92 Å². The number of pyridine rings is 1. The lowest BCUT2D eigenvalue weighted by Crippen LogP contribution is -2.45. The van der Waals surface area contributed by atoms with E-state index in [0.717, 1.165) is 31.6 Å². The van der Waals surface area contributed by atoms with E-state index in [4.69, 9.17) is 0 Å². The fraction of sp³-hybridized carbons (Fsp3) is 0.400. The van der Waals surface area contributed by atoms with E-state index in [-0.39, 0.29) is 5.91 Å². The largest absolute Gasteiger partial charge is 0.350 e. The number of benzene rings is 1. The van der Waals surface area contributed by atoms with Crippen LogP contribution in [0.5, 0.6) is 0 Å². The van der Waals surface area contributed by atoms with Gasteiger partial charge in [0.25, 0.3) is 5.91 Å². The van der Waals surface area contributed by atoms with Crippen molar-refractivity contribution >= 4 is 5.91 Å². The Morgan fingerprint density at radius 3 is 2.75 bits per heavy atom. The van der Waals surface area contributed by atoms with E-state index in [1.54, 1.807) is 6.20 Å². The molecule has 1 aromatic heterocycles. The normalized spacial score (nSPS) is 15.6. The Kier molecular flexibility index (Phi) is 5.26. The number of aromatic nitrogens is 1. The van der Waals surface area contributed by atoms with Crippen molar-refractivity contribution < 1.29 is 4.79 Å². The van der Waals surface area contributed by atoms with E-state index >= 15 is 0 Å².